The number of amides is 1. The van der Waals surface area contributed by atoms with Gasteiger partial charge in [0.05, 0.1) is 18.8 Å². The van der Waals surface area contributed by atoms with Crippen molar-refractivity contribution in [1.82, 2.24) is 25.2 Å². The Morgan fingerprint density at radius 3 is 3.04 bits per heavy atom. The van der Waals surface area contributed by atoms with Gasteiger partial charge in [0, 0.05) is 23.9 Å². The van der Waals surface area contributed by atoms with Crippen molar-refractivity contribution in [2.24, 2.45) is 0 Å². The number of nitrogens with one attached hydrogen (secondary N) is 2. The highest BCUT2D eigenvalue weighted by Gasteiger charge is 2.21. The van der Waals surface area contributed by atoms with Gasteiger partial charge in [-0.15, -0.1) is 0 Å². The SMILES string of the molecule is CC(C)(C)c1cc(NC(=O)CN[C@@H]2CCc3ncnn3C2)on1. The Kier molecular flexibility index (Phi) is 4.16. The van der Waals surface area contributed by atoms with E-state index in [1.165, 1.54) is 0 Å². The number of rotatable bonds is 4. The van der Waals surface area contributed by atoms with E-state index in [9.17, 15) is 4.79 Å². The van der Waals surface area contributed by atoms with E-state index in [2.05, 4.69) is 25.9 Å². The summed E-state index contributed by atoms with van der Waals surface area (Å²) < 4.78 is 7.04. The molecule has 23 heavy (non-hydrogen) atoms. The van der Waals surface area contributed by atoms with Crippen LogP contribution >= 0.6 is 0 Å². The van der Waals surface area contributed by atoms with E-state index in [4.69, 9.17) is 4.52 Å². The lowest BCUT2D eigenvalue weighted by Gasteiger charge is -2.23. The van der Waals surface area contributed by atoms with Crippen molar-refractivity contribution in [2.75, 3.05) is 11.9 Å². The summed E-state index contributed by atoms with van der Waals surface area (Å²) >= 11 is 0. The quantitative estimate of drug-likeness (QED) is 0.876. The van der Waals surface area contributed by atoms with E-state index in [0.717, 1.165) is 30.9 Å². The Morgan fingerprint density at radius 1 is 1.48 bits per heavy atom. The van der Waals surface area contributed by atoms with E-state index in [1.807, 2.05) is 25.5 Å². The molecule has 0 saturated heterocycles. The van der Waals surface area contributed by atoms with Crippen LogP contribution in [0.3, 0.4) is 0 Å². The molecule has 3 heterocycles. The zero-order valence-electron chi connectivity index (χ0n) is 13.7. The van der Waals surface area contributed by atoms with Crippen LogP contribution in [0.25, 0.3) is 0 Å². The molecule has 3 rings (SSSR count). The van der Waals surface area contributed by atoms with Gasteiger partial charge in [0.15, 0.2) is 0 Å². The minimum absolute atomic E-state index is 0.109. The van der Waals surface area contributed by atoms with Gasteiger partial charge >= 0.3 is 0 Å². The van der Waals surface area contributed by atoms with Crippen molar-refractivity contribution in [3.63, 3.8) is 0 Å². The minimum Gasteiger partial charge on any atom is -0.338 e. The monoisotopic (exact) mass is 318 g/mol. The van der Waals surface area contributed by atoms with E-state index >= 15 is 0 Å². The van der Waals surface area contributed by atoms with Crippen molar-refractivity contribution in [1.29, 1.82) is 0 Å². The molecule has 8 nitrogen and oxygen atoms in total. The molecule has 1 aliphatic rings. The van der Waals surface area contributed by atoms with Crippen LogP contribution in [0.1, 0.15) is 38.7 Å². The van der Waals surface area contributed by atoms with Crippen LogP contribution in [0.5, 0.6) is 0 Å². The fourth-order valence-electron chi connectivity index (χ4n) is 2.51. The van der Waals surface area contributed by atoms with Crippen LogP contribution in [0.4, 0.5) is 5.88 Å². The topological polar surface area (TPSA) is 97.9 Å². The summed E-state index contributed by atoms with van der Waals surface area (Å²) in [5.74, 6) is 1.23. The Hall–Kier alpha value is -2.22. The van der Waals surface area contributed by atoms with E-state index in [1.54, 1.807) is 12.4 Å². The maximum atomic E-state index is 12.0. The van der Waals surface area contributed by atoms with Gasteiger partial charge in [0.2, 0.25) is 11.8 Å². The van der Waals surface area contributed by atoms with Crippen LogP contribution in [-0.4, -0.2) is 38.4 Å². The highest BCUT2D eigenvalue weighted by Crippen LogP contribution is 2.23. The van der Waals surface area contributed by atoms with E-state index in [-0.39, 0.29) is 23.9 Å². The molecule has 0 aliphatic carbocycles. The lowest BCUT2D eigenvalue weighted by atomic mass is 9.92. The number of anilines is 1. The van der Waals surface area contributed by atoms with E-state index < -0.39 is 0 Å². The summed E-state index contributed by atoms with van der Waals surface area (Å²) in [4.78, 5) is 16.2. The molecule has 2 aromatic heterocycles. The average molecular weight is 318 g/mol. The second-order valence-electron chi connectivity index (χ2n) is 6.85. The molecule has 124 valence electrons. The van der Waals surface area contributed by atoms with Crippen LogP contribution < -0.4 is 10.6 Å². The third kappa shape index (κ3) is 3.76. The van der Waals surface area contributed by atoms with Crippen molar-refractivity contribution >= 4 is 11.8 Å². The molecule has 1 amide bonds. The highest BCUT2D eigenvalue weighted by molar-refractivity contribution is 5.91. The number of carbonyl (C=O) groups excluding carboxylic acids is 1. The van der Waals surface area contributed by atoms with Gasteiger partial charge in [0.25, 0.3) is 0 Å². The first kappa shape index (κ1) is 15.7. The molecule has 8 heteroatoms. The number of aromatic nitrogens is 4. The summed E-state index contributed by atoms with van der Waals surface area (Å²) in [7, 11) is 0. The lowest BCUT2D eigenvalue weighted by molar-refractivity contribution is -0.115. The Morgan fingerprint density at radius 2 is 2.30 bits per heavy atom. The maximum absolute atomic E-state index is 12.0. The number of hydrogen-bond acceptors (Lipinski definition) is 6. The standard InChI is InChI=1S/C15H22N6O2/c1-15(2,3)11-6-14(23-20-11)19-13(22)7-16-10-4-5-12-17-9-18-21(12)8-10/h6,9-10,16H,4-5,7-8H2,1-3H3,(H,19,22)/t10-/m1/s1. The fraction of sp³-hybridized carbons (Fsp3) is 0.600. The molecular formula is C15H22N6O2. The fourth-order valence-corrected chi connectivity index (χ4v) is 2.51. The van der Waals surface area contributed by atoms with Crippen LogP contribution in [0, 0.1) is 0 Å². The first-order valence-corrected chi connectivity index (χ1v) is 7.79. The number of hydrogen-bond donors (Lipinski definition) is 2. The second-order valence-corrected chi connectivity index (χ2v) is 6.85. The van der Waals surface area contributed by atoms with Crippen LogP contribution in [0.15, 0.2) is 16.9 Å². The summed E-state index contributed by atoms with van der Waals surface area (Å²) in [5.41, 5.74) is 0.703. The van der Waals surface area contributed by atoms with Crippen molar-refractivity contribution in [3.8, 4) is 0 Å². The summed E-state index contributed by atoms with van der Waals surface area (Å²) in [5, 5.41) is 14.1. The summed E-state index contributed by atoms with van der Waals surface area (Å²) in [6, 6.07) is 1.98. The first-order chi connectivity index (χ1) is 10.9. The smallest absolute Gasteiger partial charge is 0.240 e. The summed E-state index contributed by atoms with van der Waals surface area (Å²) in [6.45, 7) is 7.08. The molecule has 0 bridgehead atoms. The Bertz CT molecular complexity index is 684. The van der Waals surface area contributed by atoms with Gasteiger partial charge in [-0.3, -0.25) is 10.1 Å². The molecule has 0 radical (unpaired) electrons. The van der Waals surface area contributed by atoms with E-state index in [0.29, 0.717) is 5.88 Å². The van der Waals surface area contributed by atoms with Gasteiger partial charge in [-0.2, -0.15) is 5.10 Å². The Labute approximate surface area is 134 Å². The van der Waals surface area contributed by atoms with Crippen molar-refractivity contribution < 1.29 is 9.32 Å². The molecule has 0 unspecified atom stereocenters. The Balaban J connectivity index is 1.48. The molecule has 0 saturated carbocycles. The minimum atomic E-state index is -0.147. The normalized spacial score (nSPS) is 17.8. The zero-order valence-corrected chi connectivity index (χ0v) is 13.7. The van der Waals surface area contributed by atoms with Gasteiger partial charge in [0.1, 0.15) is 12.2 Å². The number of carbonyl (C=O) groups is 1. The summed E-state index contributed by atoms with van der Waals surface area (Å²) in [6.07, 6.45) is 3.39. The number of aryl methyl sites for hydroxylation is 1. The van der Waals surface area contributed by atoms with Gasteiger partial charge < -0.3 is 9.84 Å². The molecule has 2 aromatic rings. The van der Waals surface area contributed by atoms with Gasteiger partial charge in [-0.1, -0.05) is 25.9 Å². The van der Waals surface area contributed by atoms with Crippen molar-refractivity contribution in [2.45, 2.75) is 51.6 Å². The molecule has 2 N–H and O–H groups in total. The lowest BCUT2D eigenvalue weighted by Crippen LogP contribution is -2.41. The van der Waals surface area contributed by atoms with Crippen LogP contribution in [0.2, 0.25) is 0 Å². The molecule has 0 aromatic carbocycles. The number of fused-ring (bicyclic) bond motifs is 1. The average Bonchev–Trinajstić information content (AvgIpc) is 3.12. The van der Waals surface area contributed by atoms with Crippen molar-refractivity contribution in [3.05, 3.63) is 23.9 Å². The predicted molar refractivity (Wildman–Crippen MR) is 84.0 cm³/mol. The largest absolute Gasteiger partial charge is 0.338 e. The molecule has 0 fully saturated rings. The van der Waals surface area contributed by atoms with Gasteiger partial charge in [-0.25, -0.2) is 9.67 Å². The van der Waals surface area contributed by atoms with Crippen LogP contribution in [-0.2, 0) is 23.2 Å². The molecule has 1 aliphatic heterocycles. The second kappa shape index (κ2) is 6.11. The predicted octanol–water partition coefficient (Wildman–Crippen LogP) is 1.11. The maximum Gasteiger partial charge on any atom is 0.240 e. The zero-order chi connectivity index (χ0) is 16.4. The third-order valence-corrected chi connectivity index (χ3v) is 3.90. The highest BCUT2D eigenvalue weighted by atomic mass is 16.5. The third-order valence-electron chi connectivity index (χ3n) is 3.90. The van der Waals surface area contributed by atoms with Gasteiger partial charge in [-0.05, 0) is 6.42 Å². The number of nitrogens with zero attached hydrogens (tertiary/aromatic N) is 4. The molecule has 0 spiro atoms. The first-order valence-electron chi connectivity index (χ1n) is 7.79. The molecule has 1 atom stereocenters. The molecular weight excluding hydrogens is 296 g/mol.